The lowest BCUT2D eigenvalue weighted by Crippen LogP contribution is -1.98. The quantitative estimate of drug-likeness (QED) is 0.515. The highest BCUT2D eigenvalue weighted by Crippen LogP contribution is 2.33. The molecule has 7 heteroatoms. The number of thiophene rings is 1. The molecule has 2 aromatic rings. The Hall–Kier alpha value is -0.450. The van der Waals surface area contributed by atoms with Crippen molar-refractivity contribution in [3.05, 3.63) is 48.5 Å². The molecule has 1 aromatic carbocycles. The molecular formula is C12H8Cl4N2S. The van der Waals surface area contributed by atoms with Gasteiger partial charge in [-0.05, 0) is 31.2 Å². The number of hydrazone groups is 1. The third-order valence-electron chi connectivity index (χ3n) is 2.27. The fourth-order valence-electron chi connectivity index (χ4n) is 1.35. The molecule has 1 aromatic heterocycles. The summed E-state index contributed by atoms with van der Waals surface area (Å²) in [5.74, 6) is 0. The van der Waals surface area contributed by atoms with Crippen LogP contribution < -0.4 is 5.43 Å². The van der Waals surface area contributed by atoms with Crippen LogP contribution in [-0.4, -0.2) is 5.71 Å². The predicted molar refractivity (Wildman–Crippen MR) is 86.6 cm³/mol. The number of nitrogens with zero attached hydrogens (tertiary/aromatic N) is 1. The fraction of sp³-hybridized carbons (Fsp3) is 0.0833. The zero-order valence-electron chi connectivity index (χ0n) is 9.68. The average molecular weight is 354 g/mol. The van der Waals surface area contributed by atoms with Crippen LogP contribution in [-0.2, 0) is 0 Å². The van der Waals surface area contributed by atoms with Crippen molar-refractivity contribution >= 4 is 69.1 Å². The lowest BCUT2D eigenvalue weighted by Gasteiger charge is -2.07. The Morgan fingerprint density at radius 1 is 1.11 bits per heavy atom. The SMILES string of the molecule is CC(=NNc1c(Cl)cc(Cl)cc1Cl)c1ccc(Cl)s1. The van der Waals surface area contributed by atoms with Gasteiger partial charge in [-0.25, -0.2) is 0 Å². The fourth-order valence-corrected chi connectivity index (χ4v) is 3.24. The molecule has 1 heterocycles. The summed E-state index contributed by atoms with van der Waals surface area (Å²) in [5, 5.41) is 5.54. The molecule has 0 aliphatic carbocycles. The van der Waals surface area contributed by atoms with E-state index in [0.717, 1.165) is 10.6 Å². The smallest absolute Gasteiger partial charge is 0.0935 e. The van der Waals surface area contributed by atoms with Crippen LogP contribution in [0.5, 0.6) is 0 Å². The standard InChI is InChI=1S/C12H8Cl4N2S/c1-6(10-2-3-11(16)19-10)17-18-12-8(14)4-7(13)5-9(12)15/h2-5,18H,1H3. The summed E-state index contributed by atoms with van der Waals surface area (Å²) >= 11 is 25.3. The van der Waals surface area contributed by atoms with E-state index in [9.17, 15) is 0 Å². The highest BCUT2D eigenvalue weighted by atomic mass is 35.5. The summed E-state index contributed by atoms with van der Waals surface area (Å²) in [7, 11) is 0. The molecule has 0 amide bonds. The molecule has 0 aliphatic heterocycles. The van der Waals surface area contributed by atoms with Crippen molar-refractivity contribution in [2.24, 2.45) is 5.10 Å². The summed E-state index contributed by atoms with van der Waals surface area (Å²) in [6, 6.07) is 6.93. The van der Waals surface area contributed by atoms with Crippen LogP contribution in [0.1, 0.15) is 11.8 Å². The third-order valence-corrected chi connectivity index (χ3v) is 4.43. The lowest BCUT2D eigenvalue weighted by atomic mass is 10.3. The van der Waals surface area contributed by atoms with E-state index in [-0.39, 0.29) is 0 Å². The van der Waals surface area contributed by atoms with Crippen molar-refractivity contribution in [3.63, 3.8) is 0 Å². The highest BCUT2D eigenvalue weighted by Gasteiger charge is 2.08. The second-order valence-electron chi connectivity index (χ2n) is 3.66. The number of halogens is 4. The van der Waals surface area contributed by atoms with Gasteiger partial charge in [0, 0.05) is 5.02 Å². The van der Waals surface area contributed by atoms with Gasteiger partial charge in [0.05, 0.1) is 30.7 Å². The van der Waals surface area contributed by atoms with E-state index in [1.54, 1.807) is 12.1 Å². The van der Waals surface area contributed by atoms with E-state index >= 15 is 0 Å². The van der Waals surface area contributed by atoms with Gasteiger partial charge in [-0.1, -0.05) is 46.4 Å². The molecule has 2 nitrogen and oxygen atoms in total. The van der Waals surface area contributed by atoms with Crippen LogP contribution in [0.25, 0.3) is 0 Å². The molecular weight excluding hydrogens is 346 g/mol. The van der Waals surface area contributed by atoms with Crippen molar-refractivity contribution in [3.8, 4) is 0 Å². The summed E-state index contributed by atoms with van der Waals surface area (Å²) < 4.78 is 0.715. The molecule has 19 heavy (non-hydrogen) atoms. The topological polar surface area (TPSA) is 24.4 Å². The summed E-state index contributed by atoms with van der Waals surface area (Å²) in [6.07, 6.45) is 0. The van der Waals surface area contributed by atoms with Crippen LogP contribution in [0.15, 0.2) is 29.4 Å². The minimum Gasteiger partial charge on any atom is -0.275 e. The van der Waals surface area contributed by atoms with E-state index < -0.39 is 0 Å². The predicted octanol–water partition coefficient (Wildman–Crippen LogP) is 6.20. The van der Waals surface area contributed by atoms with E-state index in [1.807, 2.05) is 19.1 Å². The van der Waals surface area contributed by atoms with Crippen molar-refractivity contribution in [1.82, 2.24) is 0 Å². The van der Waals surface area contributed by atoms with Crippen LogP contribution >= 0.6 is 57.7 Å². The zero-order valence-corrected chi connectivity index (χ0v) is 13.5. The van der Waals surface area contributed by atoms with Gasteiger partial charge in [0.2, 0.25) is 0 Å². The van der Waals surface area contributed by atoms with E-state index in [4.69, 9.17) is 46.4 Å². The molecule has 2 rings (SSSR count). The third kappa shape index (κ3) is 3.77. The number of hydrogen-bond acceptors (Lipinski definition) is 3. The summed E-state index contributed by atoms with van der Waals surface area (Å²) in [6.45, 7) is 1.87. The first-order valence-corrected chi connectivity index (χ1v) is 7.51. The van der Waals surface area contributed by atoms with Crippen molar-refractivity contribution in [1.29, 1.82) is 0 Å². The van der Waals surface area contributed by atoms with Gasteiger partial charge in [-0.2, -0.15) is 5.10 Å². The maximum Gasteiger partial charge on any atom is 0.0935 e. The van der Waals surface area contributed by atoms with Crippen LogP contribution in [0, 0.1) is 0 Å². The molecule has 0 atom stereocenters. The maximum atomic E-state index is 6.05. The van der Waals surface area contributed by atoms with Crippen molar-refractivity contribution in [2.45, 2.75) is 6.92 Å². The molecule has 100 valence electrons. The van der Waals surface area contributed by atoms with Gasteiger partial charge in [0.1, 0.15) is 0 Å². The Kier molecular flexibility index (Phi) is 4.98. The molecule has 0 fully saturated rings. The van der Waals surface area contributed by atoms with Crippen molar-refractivity contribution < 1.29 is 0 Å². The Morgan fingerprint density at radius 2 is 1.74 bits per heavy atom. The first-order chi connectivity index (χ1) is 8.97. The highest BCUT2D eigenvalue weighted by molar-refractivity contribution is 7.18. The zero-order chi connectivity index (χ0) is 14.0. The number of benzene rings is 1. The Balaban J connectivity index is 2.23. The van der Waals surface area contributed by atoms with Gasteiger partial charge in [-0.15, -0.1) is 11.3 Å². The molecule has 0 saturated carbocycles. The first-order valence-electron chi connectivity index (χ1n) is 5.18. The second kappa shape index (κ2) is 6.33. The maximum absolute atomic E-state index is 6.05. The number of anilines is 1. The number of nitrogens with one attached hydrogen (secondary N) is 1. The van der Waals surface area contributed by atoms with E-state index in [2.05, 4.69) is 10.5 Å². The Morgan fingerprint density at radius 3 is 2.26 bits per heavy atom. The average Bonchev–Trinajstić information content (AvgIpc) is 2.74. The van der Waals surface area contributed by atoms with E-state index in [1.165, 1.54) is 11.3 Å². The normalized spacial score (nSPS) is 11.7. The van der Waals surface area contributed by atoms with Gasteiger partial charge in [0.15, 0.2) is 0 Å². The monoisotopic (exact) mass is 352 g/mol. The Bertz CT molecular complexity index is 613. The van der Waals surface area contributed by atoms with Gasteiger partial charge in [0.25, 0.3) is 0 Å². The Labute approximate surface area is 134 Å². The van der Waals surface area contributed by atoms with Crippen LogP contribution in [0.3, 0.4) is 0 Å². The van der Waals surface area contributed by atoms with Crippen LogP contribution in [0.4, 0.5) is 5.69 Å². The molecule has 0 aliphatic rings. The molecule has 0 saturated heterocycles. The minimum atomic E-state index is 0.415. The minimum absolute atomic E-state index is 0.415. The van der Waals surface area contributed by atoms with Crippen molar-refractivity contribution in [2.75, 3.05) is 5.43 Å². The van der Waals surface area contributed by atoms with Gasteiger partial charge >= 0.3 is 0 Å². The molecule has 0 spiro atoms. The molecule has 0 radical (unpaired) electrons. The van der Waals surface area contributed by atoms with Gasteiger partial charge < -0.3 is 0 Å². The van der Waals surface area contributed by atoms with E-state index in [0.29, 0.717) is 25.1 Å². The summed E-state index contributed by atoms with van der Waals surface area (Å²) in [5.41, 5.74) is 4.16. The lowest BCUT2D eigenvalue weighted by molar-refractivity contribution is 1.33. The van der Waals surface area contributed by atoms with Gasteiger partial charge in [-0.3, -0.25) is 5.43 Å². The number of rotatable bonds is 3. The van der Waals surface area contributed by atoms with Crippen LogP contribution in [0.2, 0.25) is 19.4 Å². The largest absolute Gasteiger partial charge is 0.275 e. The molecule has 0 bridgehead atoms. The molecule has 0 unspecified atom stereocenters. The molecule has 1 N–H and O–H groups in total. The summed E-state index contributed by atoms with van der Waals surface area (Å²) in [4.78, 5) is 0.971. The number of hydrogen-bond donors (Lipinski definition) is 1. The first kappa shape index (κ1) is 14.9. The second-order valence-corrected chi connectivity index (χ2v) is 6.62.